The van der Waals surface area contributed by atoms with Gasteiger partial charge in [-0.3, -0.25) is 4.79 Å². The highest BCUT2D eigenvalue weighted by molar-refractivity contribution is 7.99. The van der Waals surface area contributed by atoms with Crippen molar-refractivity contribution in [3.05, 3.63) is 96.1 Å². The second kappa shape index (κ2) is 10.6. The maximum Gasteiger partial charge on any atom is 0.233 e. The highest BCUT2D eigenvalue weighted by Crippen LogP contribution is 2.26. The van der Waals surface area contributed by atoms with Gasteiger partial charge in [0.15, 0.2) is 0 Å². The third-order valence-corrected chi connectivity index (χ3v) is 5.77. The van der Waals surface area contributed by atoms with Crippen molar-refractivity contribution in [2.45, 2.75) is 18.2 Å². The maximum absolute atomic E-state index is 13.2. The number of carbonyl (C=O) groups excluding carboxylic acids is 1. The quantitative estimate of drug-likeness (QED) is 0.363. The lowest BCUT2D eigenvalue weighted by Crippen LogP contribution is -2.31. The molecular weight excluding hydrogens is 422 g/mol. The number of rotatable bonds is 9. The van der Waals surface area contributed by atoms with Gasteiger partial charge in [0.1, 0.15) is 11.4 Å². The molecule has 8 heteroatoms. The first-order chi connectivity index (χ1) is 15.7. The normalized spacial score (nSPS) is 10.7. The van der Waals surface area contributed by atoms with Crippen molar-refractivity contribution in [3.8, 4) is 11.4 Å². The van der Waals surface area contributed by atoms with E-state index >= 15 is 0 Å². The van der Waals surface area contributed by atoms with E-state index in [1.54, 1.807) is 11.8 Å². The fourth-order valence-corrected chi connectivity index (χ4v) is 4.07. The molecule has 0 aliphatic heterocycles. The molecule has 0 radical (unpaired) electrons. The van der Waals surface area contributed by atoms with E-state index in [2.05, 4.69) is 15.5 Å². The van der Waals surface area contributed by atoms with Crippen LogP contribution in [-0.4, -0.2) is 43.9 Å². The molecule has 0 unspecified atom stereocenters. The van der Waals surface area contributed by atoms with Gasteiger partial charge in [0, 0.05) is 13.1 Å². The van der Waals surface area contributed by atoms with E-state index in [0.717, 1.165) is 16.8 Å². The van der Waals surface area contributed by atoms with Crippen molar-refractivity contribution in [2.24, 2.45) is 0 Å². The van der Waals surface area contributed by atoms with E-state index in [1.807, 2.05) is 89.8 Å². The van der Waals surface area contributed by atoms with E-state index in [0.29, 0.717) is 24.0 Å². The Hall–Kier alpha value is -3.65. The highest BCUT2D eigenvalue weighted by atomic mass is 32.2. The molecule has 0 aliphatic carbocycles. The number of carbonyl (C=O) groups is 1. The van der Waals surface area contributed by atoms with Gasteiger partial charge >= 0.3 is 0 Å². The monoisotopic (exact) mass is 445 g/mol. The molecule has 1 aromatic heterocycles. The lowest BCUT2D eigenvalue weighted by molar-refractivity contribution is -0.129. The molecule has 0 saturated heterocycles. The molecule has 0 saturated carbocycles. The lowest BCUT2D eigenvalue weighted by atomic mass is 10.1. The molecule has 0 aliphatic rings. The van der Waals surface area contributed by atoms with Crippen LogP contribution in [0.4, 0.5) is 0 Å². The van der Waals surface area contributed by atoms with Crippen molar-refractivity contribution in [1.29, 1.82) is 0 Å². The number of ether oxygens (including phenoxy) is 1. The predicted molar refractivity (Wildman–Crippen MR) is 124 cm³/mol. The molecule has 3 aromatic carbocycles. The molecule has 1 amide bonds. The SMILES string of the molecule is COc1ccccc1-n1nnnc1SCC(=O)N(Cc1ccccc1)Cc1ccccc1. The van der Waals surface area contributed by atoms with Gasteiger partial charge in [-0.05, 0) is 33.7 Å². The molecule has 162 valence electrons. The van der Waals surface area contributed by atoms with Crippen LogP contribution in [0.5, 0.6) is 5.75 Å². The molecule has 0 spiro atoms. The van der Waals surface area contributed by atoms with Crippen LogP contribution < -0.4 is 4.74 Å². The van der Waals surface area contributed by atoms with Gasteiger partial charge < -0.3 is 9.64 Å². The molecule has 1 heterocycles. The summed E-state index contributed by atoms with van der Waals surface area (Å²) in [5.41, 5.74) is 2.89. The van der Waals surface area contributed by atoms with Crippen LogP contribution in [-0.2, 0) is 17.9 Å². The molecule has 0 N–H and O–H groups in total. The first-order valence-corrected chi connectivity index (χ1v) is 11.1. The van der Waals surface area contributed by atoms with Gasteiger partial charge in [0.05, 0.1) is 12.9 Å². The Morgan fingerprint density at radius 3 is 2.12 bits per heavy atom. The lowest BCUT2D eigenvalue weighted by Gasteiger charge is -2.23. The summed E-state index contributed by atoms with van der Waals surface area (Å²) in [6.45, 7) is 1.07. The Labute approximate surface area is 191 Å². The minimum Gasteiger partial charge on any atom is -0.494 e. The highest BCUT2D eigenvalue weighted by Gasteiger charge is 2.19. The van der Waals surface area contributed by atoms with Crippen LogP contribution in [0.2, 0.25) is 0 Å². The summed E-state index contributed by atoms with van der Waals surface area (Å²) < 4.78 is 7.01. The van der Waals surface area contributed by atoms with Crippen LogP contribution in [0.15, 0.2) is 90.1 Å². The number of hydrogen-bond acceptors (Lipinski definition) is 6. The summed E-state index contributed by atoms with van der Waals surface area (Å²) in [6.07, 6.45) is 0. The molecule has 7 nitrogen and oxygen atoms in total. The molecular formula is C24H23N5O2S. The Bertz CT molecular complexity index is 1110. The van der Waals surface area contributed by atoms with Crippen molar-refractivity contribution >= 4 is 17.7 Å². The van der Waals surface area contributed by atoms with Gasteiger partial charge in [0.25, 0.3) is 0 Å². The molecule has 4 aromatic rings. The number of nitrogens with zero attached hydrogens (tertiary/aromatic N) is 5. The third kappa shape index (κ3) is 5.33. The van der Waals surface area contributed by atoms with E-state index in [-0.39, 0.29) is 11.7 Å². The van der Waals surface area contributed by atoms with E-state index in [1.165, 1.54) is 11.8 Å². The molecule has 0 bridgehead atoms. The number of amides is 1. The number of aromatic nitrogens is 4. The van der Waals surface area contributed by atoms with Gasteiger partial charge in [-0.15, -0.1) is 5.10 Å². The molecule has 4 rings (SSSR count). The van der Waals surface area contributed by atoms with Crippen molar-refractivity contribution in [2.75, 3.05) is 12.9 Å². The molecule has 0 atom stereocenters. The first-order valence-electron chi connectivity index (χ1n) is 10.1. The molecule has 0 fully saturated rings. The number of methoxy groups -OCH3 is 1. The van der Waals surface area contributed by atoms with Gasteiger partial charge in [0.2, 0.25) is 11.1 Å². The molecule has 32 heavy (non-hydrogen) atoms. The Kier molecular flexibility index (Phi) is 7.14. The van der Waals surface area contributed by atoms with Crippen LogP contribution >= 0.6 is 11.8 Å². The summed E-state index contributed by atoms with van der Waals surface area (Å²) in [4.78, 5) is 15.1. The van der Waals surface area contributed by atoms with E-state index in [9.17, 15) is 4.79 Å². The Morgan fingerprint density at radius 1 is 0.906 bits per heavy atom. The van der Waals surface area contributed by atoms with Crippen molar-refractivity contribution in [3.63, 3.8) is 0 Å². The smallest absolute Gasteiger partial charge is 0.233 e. The topological polar surface area (TPSA) is 73.1 Å². The second-order valence-electron chi connectivity index (χ2n) is 7.05. The van der Waals surface area contributed by atoms with Crippen molar-refractivity contribution < 1.29 is 9.53 Å². The largest absolute Gasteiger partial charge is 0.494 e. The number of tetrazole rings is 1. The summed E-state index contributed by atoms with van der Waals surface area (Å²) in [5.74, 6) is 0.884. The fourth-order valence-electron chi connectivity index (χ4n) is 3.28. The first kappa shape index (κ1) is 21.6. The van der Waals surface area contributed by atoms with Gasteiger partial charge in [-0.1, -0.05) is 84.6 Å². The minimum absolute atomic E-state index is 0.0114. The van der Waals surface area contributed by atoms with E-state index < -0.39 is 0 Å². The minimum atomic E-state index is 0.0114. The predicted octanol–water partition coefficient (Wildman–Crippen LogP) is 3.99. The standard InChI is InChI=1S/C24H23N5O2S/c1-31-22-15-9-8-14-21(22)29-24(25-26-27-29)32-18-23(30)28(16-19-10-4-2-5-11-19)17-20-12-6-3-7-13-20/h2-15H,16-18H2,1H3. The zero-order valence-electron chi connectivity index (χ0n) is 17.7. The van der Waals surface area contributed by atoms with Crippen LogP contribution in [0.1, 0.15) is 11.1 Å². The number of hydrogen-bond donors (Lipinski definition) is 0. The fraction of sp³-hybridized carbons (Fsp3) is 0.167. The van der Waals surface area contributed by atoms with Crippen molar-refractivity contribution in [1.82, 2.24) is 25.1 Å². The Balaban J connectivity index is 1.50. The van der Waals surface area contributed by atoms with Gasteiger partial charge in [-0.2, -0.15) is 4.68 Å². The van der Waals surface area contributed by atoms with Crippen LogP contribution in [0.3, 0.4) is 0 Å². The van der Waals surface area contributed by atoms with Gasteiger partial charge in [-0.25, -0.2) is 0 Å². The average molecular weight is 446 g/mol. The summed E-state index contributed by atoms with van der Waals surface area (Å²) in [6, 6.07) is 27.5. The zero-order chi connectivity index (χ0) is 22.2. The Morgan fingerprint density at radius 2 is 1.50 bits per heavy atom. The second-order valence-corrected chi connectivity index (χ2v) is 8.00. The summed E-state index contributed by atoms with van der Waals surface area (Å²) in [5, 5.41) is 12.5. The number of benzene rings is 3. The van der Waals surface area contributed by atoms with Crippen LogP contribution in [0.25, 0.3) is 5.69 Å². The number of para-hydroxylation sites is 2. The third-order valence-electron chi connectivity index (χ3n) is 4.86. The zero-order valence-corrected chi connectivity index (χ0v) is 18.5. The average Bonchev–Trinajstić information content (AvgIpc) is 3.32. The summed E-state index contributed by atoms with van der Waals surface area (Å²) >= 11 is 1.31. The van der Waals surface area contributed by atoms with Crippen LogP contribution in [0, 0.1) is 0 Å². The maximum atomic E-state index is 13.2. The van der Waals surface area contributed by atoms with E-state index in [4.69, 9.17) is 4.74 Å². The summed E-state index contributed by atoms with van der Waals surface area (Å²) in [7, 11) is 1.60. The number of thioether (sulfide) groups is 1.